The fourth-order valence-corrected chi connectivity index (χ4v) is 3.67. The minimum atomic E-state index is -0.309. The van der Waals surface area contributed by atoms with Crippen LogP contribution in [0.25, 0.3) is 44.1 Å². The Labute approximate surface area is 149 Å². The van der Waals surface area contributed by atoms with Gasteiger partial charge in [-0.25, -0.2) is 14.4 Å². The molecule has 4 heteroatoms. The minimum absolute atomic E-state index is 0.309. The third kappa shape index (κ3) is 2.12. The van der Waals surface area contributed by atoms with Crippen molar-refractivity contribution < 1.29 is 8.81 Å². The van der Waals surface area contributed by atoms with Gasteiger partial charge in [0.15, 0.2) is 0 Å². The van der Waals surface area contributed by atoms with E-state index in [4.69, 9.17) is 4.42 Å². The zero-order valence-corrected chi connectivity index (χ0v) is 14.4. The maximum atomic E-state index is 13.6. The van der Waals surface area contributed by atoms with E-state index >= 15 is 0 Å². The lowest BCUT2D eigenvalue weighted by atomic mass is 9.99. The average molecular weight is 342 g/mol. The molecule has 126 valence electrons. The van der Waals surface area contributed by atoms with Crippen molar-refractivity contribution in [2.24, 2.45) is 0 Å². The van der Waals surface area contributed by atoms with Crippen molar-refractivity contribution >= 4 is 32.8 Å². The first-order valence-electron chi connectivity index (χ1n) is 8.45. The van der Waals surface area contributed by atoms with Crippen LogP contribution in [0.3, 0.4) is 0 Å². The highest BCUT2D eigenvalue weighted by molar-refractivity contribution is 6.12. The van der Waals surface area contributed by atoms with Crippen molar-refractivity contribution in [1.29, 1.82) is 0 Å². The number of hydrogen-bond acceptors (Lipinski definition) is 3. The first kappa shape index (κ1) is 15.0. The Kier molecular flexibility index (Phi) is 3.10. The Morgan fingerprint density at radius 2 is 1.81 bits per heavy atom. The maximum Gasteiger partial charge on any atom is 0.144 e. The van der Waals surface area contributed by atoms with Gasteiger partial charge in [-0.05, 0) is 55.3 Å². The second-order valence-corrected chi connectivity index (χ2v) is 6.62. The van der Waals surface area contributed by atoms with Crippen molar-refractivity contribution in [3.8, 4) is 11.3 Å². The van der Waals surface area contributed by atoms with Crippen LogP contribution >= 0.6 is 0 Å². The molecule has 0 spiro atoms. The zero-order chi connectivity index (χ0) is 17.8. The molecule has 0 unspecified atom stereocenters. The molecule has 3 nitrogen and oxygen atoms in total. The van der Waals surface area contributed by atoms with Crippen LogP contribution in [0, 0.1) is 19.7 Å². The van der Waals surface area contributed by atoms with Gasteiger partial charge in [-0.2, -0.15) is 0 Å². The number of aryl methyl sites for hydroxylation is 2. The van der Waals surface area contributed by atoms with Crippen molar-refractivity contribution in [3.05, 3.63) is 71.8 Å². The molecular formula is C22H15FN2O. The SMILES string of the molecule is Cc1cc(-c2ncnc3cc(F)ccc23)c2oc3cccc(C)c3c2c1. The van der Waals surface area contributed by atoms with Crippen LogP contribution in [0.5, 0.6) is 0 Å². The van der Waals surface area contributed by atoms with E-state index in [1.165, 1.54) is 24.0 Å². The van der Waals surface area contributed by atoms with Gasteiger partial charge < -0.3 is 4.42 Å². The first-order valence-corrected chi connectivity index (χ1v) is 8.45. The van der Waals surface area contributed by atoms with E-state index < -0.39 is 0 Å². The average Bonchev–Trinajstić information content (AvgIpc) is 3.00. The molecule has 26 heavy (non-hydrogen) atoms. The lowest BCUT2D eigenvalue weighted by Gasteiger charge is -2.07. The molecular weight excluding hydrogens is 327 g/mol. The summed E-state index contributed by atoms with van der Waals surface area (Å²) in [4.78, 5) is 8.70. The largest absolute Gasteiger partial charge is 0.455 e. The summed E-state index contributed by atoms with van der Waals surface area (Å²) in [7, 11) is 0. The molecule has 0 atom stereocenters. The highest BCUT2D eigenvalue weighted by Gasteiger charge is 2.17. The van der Waals surface area contributed by atoms with E-state index in [1.807, 2.05) is 12.1 Å². The van der Waals surface area contributed by atoms with Crippen molar-refractivity contribution in [2.45, 2.75) is 13.8 Å². The molecule has 0 aliphatic heterocycles. The molecule has 5 aromatic rings. The van der Waals surface area contributed by atoms with Gasteiger partial charge in [-0.15, -0.1) is 0 Å². The predicted octanol–water partition coefficient (Wildman–Crippen LogP) is 5.95. The molecule has 0 amide bonds. The number of furan rings is 1. The molecule has 0 saturated heterocycles. The van der Waals surface area contributed by atoms with Crippen LogP contribution in [0.1, 0.15) is 11.1 Å². The van der Waals surface area contributed by atoms with Crippen LogP contribution in [-0.4, -0.2) is 9.97 Å². The lowest BCUT2D eigenvalue weighted by Crippen LogP contribution is -1.91. The molecule has 0 saturated carbocycles. The van der Waals surface area contributed by atoms with Crippen LogP contribution in [0.2, 0.25) is 0 Å². The quantitative estimate of drug-likeness (QED) is 0.378. The van der Waals surface area contributed by atoms with Gasteiger partial charge in [-0.3, -0.25) is 0 Å². The Morgan fingerprint density at radius 3 is 2.69 bits per heavy atom. The Bertz CT molecular complexity index is 1320. The van der Waals surface area contributed by atoms with Crippen molar-refractivity contribution in [3.63, 3.8) is 0 Å². The van der Waals surface area contributed by atoms with Crippen molar-refractivity contribution in [1.82, 2.24) is 9.97 Å². The van der Waals surface area contributed by atoms with Crippen LogP contribution in [0.15, 0.2) is 59.3 Å². The monoisotopic (exact) mass is 342 g/mol. The Morgan fingerprint density at radius 1 is 0.923 bits per heavy atom. The van der Waals surface area contributed by atoms with Crippen LogP contribution in [0.4, 0.5) is 4.39 Å². The smallest absolute Gasteiger partial charge is 0.144 e. The summed E-state index contributed by atoms with van der Waals surface area (Å²) < 4.78 is 19.8. The van der Waals surface area contributed by atoms with Crippen molar-refractivity contribution in [2.75, 3.05) is 0 Å². The normalized spacial score (nSPS) is 11.7. The highest BCUT2D eigenvalue weighted by Crippen LogP contribution is 2.39. The third-order valence-electron chi connectivity index (χ3n) is 4.80. The second kappa shape index (κ2) is 5.36. The number of hydrogen-bond donors (Lipinski definition) is 0. The number of benzene rings is 3. The molecule has 0 aliphatic carbocycles. The van der Waals surface area contributed by atoms with E-state index in [-0.39, 0.29) is 5.82 Å². The van der Waals surface area contributed by atoms with Crippen LogP contribution in [-0.2, 0) is 0 Å². The van der Waals surface area contributed by atoms with Gasteiger partial charge in [-0.1, -0.05) is 12.1 Å². The fraction of sp³-hybridized carbons (Fsp3) is 0.0909. The zero-order valence-electron chi connectivity index (χ0n) is 14.4. The molecule has 0 N–H and O–H groups in total. The van der Waals surface area contributed by atoms with E-state index in [9.17, 15) is 4.39 Å². The van der Waals surface area contributed by atoms with E-state index in [0.29, 0.717) is 5.52 Å². The number of halogens is 1. The predicted molar refractivity (Wildman–Crippen MR) is 102 cm³/mol. The second-order valence-electron chi connectivity index (χ2n) is 6.62. The molecule has 0 bridgehead atoms. The number of aromatic nitrogens is 2. The van der Waals surface area contributed by atoms with Gasteiger partial charge in [0.05, 0.1) is 11.2 Å². The minimum Gasteiger partial charge on any atom is -0.455 e. The molecule has 0 aliphatic rings. The lowest BCUT2D eigenvalue weighted by molar-refractivity contribution is 0.629. The summed E-state index contributed by atoms with van der Waals surface area (Å²) in [6.45, 7) is 4.14. The molecule has 2 heterocycles. The van der Waals surface area contributed by atoms with Gasteiger partial charge in [0.1, 0.15) is 23.3 Å². The summed E-state index contributed by atoms with van der Waals surface area (Å²) in [5.41, 5.74) is 6.17. The number of rotatable bonds is 1. The standard InChI is InChI=1S/C22H15FN2O/c1-12-8-16-20-13(2)4-3-5-19(20)26-22(16)17(9-12)21-15-7-6-14(23)10-18(15)24-11-25-21/h3-11H,1-2H3. The highest BCUT2D eigenvalue weighted by atomic mass is 19.1. The third-order valence-corrected chi connectivity index (χ3v) is 4.80. The summed E-state index contributed by atoms with van der Waals surface area (Å²) in [5, 5.41) is 3.00. The maximum absolute atomic E-state index is 13.6. The van der Waals surface area contributed by atoms with E-state index in [1.54, 1.807) is 6.07 Å². The summed E-state index contributed by atoms with van der Waals surface area (Å²) in [6, 6.07) is 14.8. The summed E-state index contributed by atoms with van der Waals surface area (Å²) in [5.74, 6) is -0.309. The van der Waals surface area contributed by atoms with E-state index in [0.717, 1.165) is 44.1 Å². The Balaban J connectivity index is 1.94. The van der Waals surface area contributed by atoms with Gasteiger partial charge in [0.25, 0.3) is 0 Å². The van der Waals surface area contributed by atoms with Gasteiger partial charge in [0, 0.05) is 27.8 Å². The van der Waals surface area contributed by atoms with Gasteiger partial charge in [0.2, 0.25) is 0 Å². The molecule has 5 rings (SSSR count). The topological polar surface area (TPSA) is 38.9 Å². The number of fused-ring (bicyclic) bond motifs is 4. The molecule has 2 aromatic heterocycles. The summed E-state index contributed by atoms with van der Waals surface area (Å²) >= 11 is 0. The first-order chi connectivity index (χ1) is 12.6. The Hall–Kier alpha value is -3.27. The molecule has 0 fully saturated rings. The summed E-state index contributed by atoms with van der Waals surface area (Å²) in [6.07, 6.45) is 1.47. The number of nitrogens with zero attached hydrogens (tertiary/aromatic N) is 2. The molecule has 0 radical (unpaired) electrons. The van der Waals surface area contributed by atoms with Gasteiger partial charge >= 0.3 is 0 Å². The fourth-order valence-electron chi connectivity index (χ4n) is 3.67. The van der Waals surface area contributed by atoms with Crippen LogP contribution < -0.4 is 0 Å². The molecule has 3 aromatic carbocycles. The van der Waals surface area contributed by atoms with E-state index in [2.05, 4.69) is 42.0 Å².